The predicted octanol–water partition coefficient (Wildman–Crippen LogP) is 1.41. The minimum atomic E-state index is -0.228. The van der Waals surface area contributed by atoms with Crippen molar-refractivity contribution >= 4 is 33.7 Å². The topological polar surface area (TPSA) is 57.7 Å². The lowest BCUT2D eigenvalue weighted by Crippen LogP contribution is -2.42. The maximum atomic E-state index is 12.2. The SMILES string of the molecule is CN(Cc1ccccc1Br)C(=O)CN1C(=O)C2CC2C1=O. The highest BCUT2D eigenvalue weighted by atomic mass is 79.9. The summed E-state index contributed by atoms with van der Waals surface area (Å²) < 4.78 is 0.930. The van der Waals surface area contributed by atoms with Gasteiger partial charge in [0.15, 0.2) is 0 Å². The number of amides is 3. The van der Waals surface area contributed by atoms with Crippen LogP contribution in [0.15, 0.2) is 28.7 Å². The van der Waals surface area contributed by atoms with E-state index < -0.39 is 0 Å². The highest BCUT2D eigenvalue weighted by Crippen LogP contribution is 2.46. The van der Waals surface area contributed by atoms with E-state index in [9.17, 15) is 14.4 Å². The van der Waals surface area contributed by atoms with E-state index in [0.717, 1.165) is 14.9 Å². The molecule has 2 fully saturated rings. The third kappa shape index (κ3) is 2.60. The molecule has 2 unspecified atom stereocenters. The lowest BCUT2D eigenvalue weighted by molar-refractivity contribution is -0.147. The van der Waals surface area contributed by atoms with Gasteiger partial charge in [0, 0.05) is 18.1 Å². The molecule has 110 valence electrons. The molecule has 0 bridgehead atoms. The van der Waals surface area contributed by atoms with Crippen LogP contribution >= 0.6 is 15.9 Å². The van der Waals surface area contributed by atoms with E-state index in [1.807, 2.05) is 24.3 Å². The van der Waals surface area contributed by atoms with Crippen molar-refractivity contribution in [1.29, 1.82) is 0 Å². The summed E-state index contributed by atoms with van der Waals surface area (Å²) in [5.74, 6) is -0.910. The number of nitrogens with zero attached hydrogens (tertiary/aromatic N) is 2. The fourth-order valence-corrected chi connectivity index (χ4v) is 3.04. The van der Waals surface area contributed by atoms with Gasteiger partial charge in [-0.15, -0.1) is 0 Å². The zero-order valence-electron chi connectivity index (χ0n) is 11.6. The average Bonchev–Trinajstić information content (AvgIpc) is 3.21. The smallest absolute Gasteiger partial charge is 0.242 e. The van der Waals surface area contributed by atoms with Crippen LogP contribution in [-0.4, -0.2) is 41.1 Å². The molecule has 1 aromatic rings. The standard InChI is InChI=1S/C15H15BrN2O3/c1-17(7-9-4-2-3-5-12(9)16)13(19)8-18-14(20)10-6-11(10)15(18)21/h2-5,10-11H,6-8H2,1H3. The number of carbonyl (C=O) groups is 3. The summed E-state index contributed by atoms with van der Waals surface area (Å²) in [7, 11) is 1.67. The third-order valence-corrected chi connectivity index (χ3v) is 4.81. The zero-order chi connectivity index (χ0) is 15.1. The molecule has 2 atom stereocenters. The van der Waals surface area contributed by atoms with Crippen molar-refractivity contribution in [2.24, 2.45) is 11.8 Å². The van der Waals surface area contributed by atoms with Crippen molar-refractivity contribution in [1.82, 2.24) is 9.80 Å². The van der Waals surface area contributed by atoms with Gasteiger partial charge in [-0.05, 0) is 18.1 Å². The highest BCUT2D eigenvalue weighted by Gasteiger charge is 2.59. The van der Waals surface area contributed by atoms with Crippen molar-refractivity contribution in [3.8, 4) is 0 Å². The Morgan fingerprint density at radius 1 is 1.29 bits per heavy atom. The van der Waals surface area contributed by atoms with Gasteiger partial charge < -0.3 is 4.90 Å². The summed E-state index contributed by atoms with van der Waals surface area (Å²) >= 11 is 3.44. The van der Waals surface area contributed by atoms with Crippen LogP contribution in [0.1, 0.15) is 12.0 Å². The van der Waals surface area contributed by atoms with E-state index in [-0.39, 0.29) is 36.1 Å². The van der Waals surface area contributed by atoms with Crippen LogP contribution in [0.25, 0.3) is 0 Å². The Hall–Kier alpha value is -1.69. The summed E-state index contributed by atoms with van der Waals surface area (Å²) in [6, 6.07) is 7.65. The molecule has 1 saturated heterocycles. The normalized spacial score (nSPS) is 23.2. The number of benzene rings is 1. The molecule has 2 aliphatic rings. The van der Waals surface area contributed by atoms with Gasteiger partial charge in [0.2, 0.25) is 17.7 Å². The Morgan fingerprint density at radius 3 is 2.52 bits per heavy atom. The van der Waals surface area contributed by atoms with Crippen molar-refractivity contribution in [3.05, 3.63) is 34.3 Å². The van der Waals surface area contributed by atoms with Gasteiger partial charge >= 0.3 is 0 Å². The van der Waals surface area contributed by atoms with Gasteiger partial charge in [0.1, 0.15) is 6.54 Å². The minimum absolute atomic E-state index is 0.147. The maximum absolute atomic E-state index is 12.2. The molecule has 3 rings (SSSR count). The Kier molecular flexibility index (Phi) is 3.57. The van der Waals surface area contributed by atoms with Gasteiger partial charge in [-0.25, -0.2) is 0 Å². The summed E-state index contributed by atoms with van der Waals surface area (Å²) in [5.41, 5.74) is 0.982. The quantitative estimate of drug-likeness (QED) is 0.771. The van der Waals surface area contributed by atoms with Gasteiger partial charge in [0.05, 0.1) is 11.8 Å². The van der Waals surface area contributed by atoms with Crippen LogP contribution in [0.4, 0.5) is 0 Å². The van der Waals surface area contributed by atoms with E-state index in [2.05, 4.69) is 15.9 Å². The molecular formula is C15H15BrN2O3. The molecule has 1 aliphatic carbocycles. The molecule has 6 heteroatoms. The molecule has 0 N–H and O–H groups in total. The number of carbonyl (C=O) groups excluding carboxylic acids is 3. The lowest BCUT2D eigenvalue weighted by Gasteiger charge is -2.22. The summed E-state index contributed by atoms with van der Waals surface area (Å²) in [6.45, 7) is 0.287. The number of likely N-dealkylation sites (tertiary alicyclic amines) is 1. The van der Waals surface area contributed by atoms with E-state index >= 15 is 0 Å². The number of fused-ring (bicyclic) bond motifs is 1. The van der Waals surface area contributed by atoms with Crippen LogP contribution in [-0.2, 0) is 20.9 Å². The molecule has 0 spiro atoms. The van der Waals surface area contributed by atoms with Gasteiger partial charge in [-0.1, -0.05) is 34.1 Å². The predicted molar refractivity (Wildman–Crippen MR) is 78.9 cm³/mol. The number of hydrogen-bond donors (Lipinski definition) is 0. The fraction of sp³-hybridized carbons (Fsp3) is 0.400. The molecule has 3 amide bonds. The first-order valence-electron chi connectivity index (χ1n) is 6.81. The maximum Gasteiger partial charge on any atom is 0.242 e. The molecule has 1 heterocycles. The monoisotopic (exact) mass is 350 g/mol. The number of piperidine rings is 1. The second kappa shape index (κ2) is 5.26. The summed E-state index contributed by atoms with van der Waals surface area (Å²) in [5, 5.41) is 0. The number of imide groups is 1. The second-order valence-corrected chi connectivity index (χ2v) is 6.41. The first-order valence-corrected chi connectivity index (χ1v) is 7.61. The molecular weight excluding hydrogens is 336 g/mol. The Balaban J connectivity index is 1.62. The van der Waals surface area contributed by atoms with E-state index in [4.69, 9.17) is 0 Å². The van der Waals surface area contributed by atoms with Crippen LogP contribution < -0.4 is 0 Å². The van der Waals surface area contributed by atoms with Crippen LogP contribution in [0.5, 0.6) is 0 Å². The fourth-order valence-electron chi connectivity index (χ4n) is 2.63. The van der Waals surface area contributed by atoms with E-state index in [0.29, 0.717) is 13.0 Å². The van der Waals surface area contributed by atoms with Crippen molar-refractivity contribution in [2.45, 2.75) is 13.0 Å². The van der Waals surface area contributed by atoms with Crippen molar-refractivity contribution in [2.75, 3.05) is 13.6 Å². The van der Waals surface area contributed by atoms with Gasteiger partial charge in [0.25, 0.3) is 0 Å². The molecule has 0 radical (unpaired) electrons. The van der Waals surface area contributed by atoms with Crippen LogP contribution in [0.3, 0.4) is 0 Å². The number of likely N-dealkylation sites (N-methyl/N-ethyl adjacent to an activating group) is 1. The second-order valence-electron chi connectivity index (χ2n) is 5.55. The molecule has 0 aromatic heterocycles. The lowest BCUT2D eigenvalue weighted by atomic mass is 10.2. The Bertz CT molecular complexity index is 611. The molecule has 5 nitrogen and oxygen atoms in total. The first-order chi connectivity index (χ1) is 9.99. The largest absolute Gasteiger partial charge is 0.340 e. The zero-order valence-corrected chi connectivity index (χ0v) is 13.2. The molecule has 1 saturated carbocycles. The number of rotatable bonds is 4. The van der Waals surface area contributed by atoms with Crippen molar-refractivity contribution in [3.63, 3.8) is 0 Å². The Morgan fingerprint density at radius 2 is 1.90 bits per heavy atom. The van der Waals surface area contributed by atoms with Gasteiger partial charge in [-0.2, -0.15) is 0 Å². The van der Waals surface area contributed by atoms with E-state index in [1.165, 1.54) is 4.90 Å². The van der Waals surface area contributed by atoms with Crippen molar-refractivity contribution < 1.29 is 14.4 Å². The number of halogens is 1. The van der Waals surface area contributed by atoms with E-state index in [1.54, 1.807) is 7.05 Å². The Labute approximate surface area is 131 Å². The summed E-state index contributed by atoms with van der Waals surface area (Å²) in [4.78, 5) is 38.5. The molecule has 1 aliphatic heterocycles. The average molecular weight is 351 g/mol. The summed E-state index contributed by atoms with van der Waals surface area (Å²) in [6.07, 6.45) is 0.662. The molecule has 1 aromatic carbocycles. The van der Waals surface area contributed by atoms with Crippen LogP contribution in [0.2, 0.25) is 0 Å². The highest BCUT2D eigenvalue weighted by molar-refractivity contribution is 9.10. The van der Waals surface area contributed by atoms with Gasteiger partial charge in [-0.3, -0.25) is 19.3 Å². The van der Waals surface area contributed by atoms with Crippen LogP contribution in [0, 0.1) is 11.8 Å². The third-order valence-electron chi connectivity index (χ3n) is 4.04. The molecule has 21 heavy (non-hydrogen) atoms. The first kappa shape index (κ1) is 14.3. The number of hydrogen-bond acceptors (Lipinski definition) is 3. The minimum Gasteiger partial charge on any atom is -0.340 e.